The van der Waals surface area contributed by atoms with Gasteiger partial charge in [0.2, 0.25) is 0 Å². The Balaban J connectivity index is 4.52. The molecule has 65 heavy (non-hydrogen) atoms. The minimum absolute atomic E-state index is 0.107. The van der Waals surface area contributed by atoms with E-state index in [9.17, 15) is 14.4 Å². The number of rotatable bonds is 48. The zero-order valence-corrected chi connectivity index (χ0v) is 42.5. The van der Waals surface area contributed by atoms with Crippen molar-refractivity contribution in [2.75, 3.05) is 13.2 Å². The molecule has 372 valence electrons. The molecule has 0 bridgehead atoms. The lowest BCUT2D eigenvalue weighted by Crippen LogP contribution is -2.30. The summed E-state index contributed by atoms with van der Waals surface area (Å²) in [5, 5.41) is 0. The number of ether oxygens (including phenoxy) is 3. The Kier molecular flexibility index (Phi) is 50.4. The highest BCUT2D eigenvalue weighted by Crippen LogP contribution is 2.15. The fourth-order valence-corrected chi connectivity index (χ4v) is 7.26. The van der Waals surface area contributed by atoms with E-state index in [-0.39, 0.29) is 44.0 Å². The van der Waals surface area contributed by atoms with Crippen LogP contribution in [0.3, 0.4) is 0 Å². The second kappa shape index (κ2) is 53.2. The van der Waals surface area contributed by atoms with E-state index >= 15 is 0 Å². The molecule has 0 aliphatic heterocycles. The molecular formula is C59H100O6. The van der Waals surface area contributed by atoms with Crippen LogP contribution in [0.5, 0.6) is 0 Å². The first kappa shape index (κ1) is 61.6. The van der Waals surface area contributed by atoms with Crippen LogP contribution in [0.4, 0.5) is 0 Å². The third-order valence-electron chi connectivity index (χ3n) is 11.4. The molecule has 0 aromatic heterocycles. The molecule has 1 atom stereocenters. The van der Waals surface area contributed by atoms with Crippen molar-refractivity contribution in [1.29, 1.82) is 0 Å². The van der Waals surface area contributed by atoms with E-state index in [0.29, 0.717) is 19.3 Å². The number of hydrogen-bond donors (Lipinski definition) is 0. The summed E-state index contributed by atoms with van der Waals surface area (Å²) in [5.74, 6) is -1.00. The van der Waals surface area contributed by atoms with E-state index in [2.05, 4.69) is 106 Å². The average molecular weight is 905 g/mol. The molecular weight excluding hydrogens is 805 g/mol. The summed E-state index contributed by atoms with van der Waals surface area (Å²) in [7, 11) is 0. The number of carbonyl (C=O) groups excluding carboxylic acids is 3. The Bertz CT molecular complexity index is 1270. The molecule has 6 heteroatoms. The second-order valence-corrected chi connectivity index (χ2v) is 17.8. The van der Waals surface area contributed by atoms with Crippen molar-refractivity contribution in [3.8, 4) is 0 Å². The van der Waals surface area contributed by atoms with E-state index in [1.165, 1.54) is 128 Å². The number of unbranched alkanes of at least 4 members (excludes halogenated alkanes) is 23. The molecule has 0 aliphatic carbocycles. The van der Waals surface area contributed by atoms with Crippen LogP contribution in [-0.2, 0) is 28.6 Å². The van der Waals surface area contributed by atoms with Gasteiger partial charge in [-0.15, -0.1) is 0 Å². The summed E-state index contributed by atoms with van der Waals surface area (Å²) in [5.41, 5.74) is 0. The summed E-state index contributed by atoms with van der Waals surface area (Å²) in [6.45, 7) is 6.51. The van der Waals surface area contributed by atoms with Gasteiger partial charge in [-0.2, -0.15) is 0 Å². The van der Waals surface area contributed by atoms with Crippen LogP contribution < -0.4 is 0 Å². The van der Waals surface area contributed by atoms with Gasteiger partial charge in [0.1, 0.15) is 13.2 Å². The number of esters is 3. The van der Waals surface area contributed by atoms with E-state index < -0.39 is 6.10 Å². The van der Waals surface area contributed by atoms with Crippen LogP contribution in [0.1, 0.15) is 252 Å². The van der Waals surface area contributed by atoms with Gasteiger partial charge in [0.15, 0.2) is 6.10 Å². The van der Waals surface area contributed by atoms with Crippen molar-refractivity contribution in [2.24, 2.45) is 0 Å². The molecule has 0 heterocycles. The van der Waals surface area contributed by atoms with Gasteiger partial charge in [0, 0.05) is 19.3 Å². The first-order valence-corrected chi connectivity index (χ1v) is 27.1. The second-order valence-electron chi connectivity index (χ2n) is 17.8. The topological polar surface area (TPSA) is 78.9 Å². The quantitative estimate of drug-likeness (QED) is 0.0262. The lowest BCUT2D eigenvalue weighted by Gasteiger charge is -2.18. The van der Waals surface area contributed by atoms with Crippen LogP contribution in [0.15, 0.2) is 85.1 Å². The molecule has 0 aliphatic rings. The van der Waals surface area contributed by atoms with Gasteiger partial charge >= 0.3 is 17.9 Å². The van der Waals surface area contributed by atoms with Crippen molar-refractivity contribution in [3.63, 3.8) is 0 Å². The van der Waals surface area contributed by atoms with Crippen LogP contribution in [0, 0.1) is 0 Å². The average Bonchev–Trinajstić information content (AvgIpc) is 3.30. The summed E-state index contributed by atoms with van der Waals surface area (Å²) in [6, 6.07) is 0. The number of carbonyl (C=O) groups is 3. The lowest BCUT2D eigenvalue weighted by molar-refractivity contribution is -0.167. The molecule has 0 radical (unpaired) electrons. The highest BCUT2D eigenvalue weighted by atomic mass is 16.6. The van der Waals surface area contributed by atoms with Crippen molar-refractivity contribution in [3.05, 3.63) is 85.1 Å². The Morgan fingerprint density at radius 2 is 0.569 bits per heavy atom. The van der Waals surface area contributed by atoms with Gasteiger partial charge in [-0.1, -0.05) is 221 Å². The Morgan fingerprint density at radius 1 is 0.308 bits per heavy atom. The van der Waals surface area contributed by atoms with E-state index in [4.69, 9.17) is 14.2 Å². The molecule has 0 aromatic carbocycles. The predicted molar refractivity (Wildman–Crippen MR) is 279 cm³/mol. The van der Waals surface area contributed by atoms with E-state index in [1.54, 1.807) is 0 Å². The predicted octanol–water partition coefficient (Wildman–Crippen LogP) is 18.0. The SMILES string of the molecule is CCCCC/C=C\C/C=C\C/C=C\C/C=C\CCCC(=O)OC[C@H](COC(=O)CCCCCCCCCCCCCCCCC)OC(=O)CCCC/C=C\C/C=C\C/C=C\CCCCC. The van der Waals surface area contributed by atoms with Gasteiger partial charge in [0.05, 0.1) is 0 Å². The fraction of sp³-hybridized carbons (Fsp3) is 0.712. The normalized spacial score (nSPS) is 12.7. The standard InChI is InChI=1S/C59H100O6/c1-4-7-10-13-16-19-22-25-28-29-32-34-37-40-43-46-49-52-58(61)64-55-56(65-59(62)53-50-47-44-41-38-35-31-27-24-21-18-15-12-9-6-3)54-63-57(60)51-48-45-42-39-36-33-30-26-23-20-17-14-11-8-5-2/h16,18-19,21,25,27-28,31-32,34,38,40-41,43,56H,4-15,17,20,22-24,26,29-30,33,35-37,39,42,44-55H2,1-3H3/b19-16-,21-18-,28-25-,31-27-,34-32-,41-38-,43-40-/t56-/m0/s1. The third-order valence-corrected chi connectivity index (χ3v) is 11.4. The fourth-order valence-electron chi connectivity index (χ4n) is 7.26. The lowest BCUT2D eigenvalue weighted by atomic mass is 10.0. The Hall–Kier alpha value is -3.41. The monoisotopic (exact) mass is 905 g/mol. The highest BCUT2D eigenvalue weighted by Gasteiger charge is 2.19. The maximum atomic E-state index is 12.8. The summed E-state index contributed by atoms with van der Waals surface area (Å²) in [4.78, 5) is 38.0. The number of allylic oxidation sites excluding steroid dienone is 14. The smallest absolute Gasteiger partial charge is 0.306 e. The summed E-state index contributed by atoms with van der Waals surface area (Å²) < 4.78 is 16.7. The van der Waals surface area contributed by atoms with Gasteiger partial charge in [-0.25, -0.2) is 0 Å². The molecule has 0 saturated heterocycles. The third kappa shape index (κ3) is 51.4. The zero-order chi connectivity index (χ0) is 47.2. The molecule has 0 fully saturated rings. The van der Waals surface area contributed by atoms with Crippen LogP contribution in [0.2, 0.25) is 0 Å². The Morgan fingerprint density at radius 3 is 0.954 bits per heavy atom. The van der Waals surface area contributed by atoms with Gasteiger partial charge in [-0.3, -0.25) is 14.4 Å². The Labute approximate surface area is 401 Å². The van der Waals surface area contributed by atoms with Gasteiger partial charge in [0.25, 0.3) is 0 Å². The van der Waals surface area contributed by atoms with Crippen LogP contribution in [-0.4, -0.2) is 37.2 Å². The van der Waals surface area contributed by atoms with Gasteiger partial charge in [-0.05, 0) is 96.3 Å². The minimum atomic E-state index is -0.817. The minimum Gasteiger partial charge on any atom is -0.462 e. The molecule has 0 N–H and O–H groups in total. The molecule has 6 nitrogen and oxygen atoms in total. The summed E-state index contributed by atoms with van der Waals surface area (Å²) >= 11 is 0. The van der Waals surface area contributed by atoms with Crippen LogP contribution >= 0.6 is 0 Å². The van der Waals surface area contributed by atoms with E-state index in [0.717, 1.165) is 70.6 Å². The van der Waals surface area contributed by atoms with Crippen LogP contribution in [0.25, 0.3) is 0 Å². The molecule has 0 amide bonds. The van der Waals surface area contributed by atoms with Crippen molar-refractivity contribution >= 4 is 17.9 Å². The van der Waals surface area contributed by atoms with Crippen molar-refractivity contribution < 1.29 is 28.6 Å². The maximum Gasteiger partial charge on any atom is 0.306 e. The van der Waals surface area contributed by atoms with Gasteiger partial charge < -0.3 is 14.2 Å². The molecule has 0 spiro atoms. The molecule has 0 saturated carbocycles. The molecule has 0 unspecified atom stereocenters. The molecule has 0 aromatic rings. The maximum absolute atomic E-state index is 12.8. The number of hydrogen-bond acceptors (Lipinski definition) is 6. The zero-order valence-electron chi connectivity index (χ0n) is 42.5. The van der Waals surface area contributed by atoms with Crippen molar-refractivity contribution in [2.45, 2.75) is 258 Å². The van der Waals surface area contributed by atoms with Crippen molar-refractivity contribution in [1.82, 2.24) is 0 Å². The summed E-state index contributed by atoms with van der Waals surface area (Å²) in [6.07, 6.45) is 68.6. The first-order valence-electron chi connectivity index (χ1n) is 27.1. The van der Waals surface area contributed by atoms with E-state index in [1.807, 2.05) is 0 Å². The molecule has 0 rings (SSSR count). The highest BCUT2D eigenvalue weighted by molar-refractivity contribution is 5.71. The first-order chi connectivity index (χ1) is 32.0. The largest absolute Gasteiger partial charge is 0.462 e.